The van der Waals surface area contributed by atoms with Crippen LogP contribution in [-0.2, 0) is 0 Å². The van der Waals surface area contributed by atoms with Crippen molar-refractivity contribution in [2.45, 2.75) is 18.8 Å². The van der Waals surface area contributed by atoms with Gasteiger partial charge in [0, 0.05) is 18.0 Å². The van der Waals surface area contributed by atoms with Crippen LogP contribution in [0.3, 0.4) is 0 Å². The molecule has 1 aliphatic heterocycles. The van der Waals surface area contributed by atoms with E-state index in [0.717, 1.165) is 25.1 Å². The number of para-hydroxylation sites is 1. The maximum Gasteiger partial charge on any atom is 0.161 e. The molecule has 1 heterocycles. The van der Waals surface area contributed by atoms with Crippen molar-refractivity contribution in [1.29, 1.82) is 0 Å². The van der Waals surface area contributed by atoms with Gasteiger partial charge in [-0.2, -0.15) is 0 Å². The first kappa shape index (κ1) is 10.3. The van der Waals surface area contributed by atoms with Crippen LogP contribution < -0.4 is 10.1 Å². The highest BCUT2D eigenvalue weighted by Gasteiger charge is 2.19. The summed E-state index contributed by atoms with van der Waals surface area (Å²) in [7, 11) is 1.58. The molecule has 0 aliphatic carbocycles. The van der Waals surface area contributed by atoms with Crippen LogP contribution in [0.25, 0.3) is 0 Å². The molecule has 0 amide bonds. The molecule has 0 spiro atoms. The summed E-state index contributed by atoms with van der Waals surface area (Å²) in [5.41, 5.74) is 1.00. The van der Waals surface area contributed by atoms with Gasteiger partial charge in [-0.3, -0.25) is 0 Å². The van der Waals surface area contributed by atoms with Crippen molar-refractivity contribution in [3.8, 4) is 11.5 Å². The SMILES string of the molecule is COc1cccc(C2CCCNC2)c1O. The zero-order chi connectivity index (χ0) is 10.7. The van der Waals surface area contributed by atoms with Gasteiger partial charge in [-0.05, 0) is 25.5 Å². The molecule has 1 saturated heterocycles. The molecule has 1 aromatic rings. The third kappa shape index (κ3) is 2.07. The molecule has 1 unspecified atom stereocenters. The first-order valence-electron chi connectivity index (χ1n) is 5.39. The molecule has 1 atom stereocenters. The molecule has 1 aliphatic rings. The van der Waals surface area contributed by atoms with Crippen LogP contribution in [0.2, 0.25) is 0 Å². The van der Waals surface area contributed by atoms with Gasteiger partial charge in [0.2, 0.25) is 0 Å². The number of ether oxygens (including phenoxy) is 1. The fourth-order valence-corrected chi connectivity index (χ4v) is 2.15. The van der Waals surface area contributed by atoms with E-state index in [1.807, 2.05) is 12.1 Å². The van der Waals surface area contributed by atoms with E-state index in [0.29, 0.717) is 17.4 Å². The molecule has 2 rings (SSSR count). The topological polar surface area (TPSA) is 41.5 Å². The van der Waals surface area contributed by atoms with Gasteiger partial charge < -0.3 is 15.2 Å². The van der Waals surface area contributed by atoms with Crippen LogP contribution in [0.4, 0.5) is 0 Å². The van der Waals surface area contributed by atoms with Gasteiger partial charge >= 0.3 is 0 Å². The van der Waals surface area contributed by atoms with Gasteiger partial charge in [-0.25, -0.2) is 0 Å². The Kier molecular flexibility index (Phi) is 3.11. The van der Waals surface area contributed by atoms with Gasteiger partial charge in [0.1, 0.15) is 0 Å². The number of nitrogens with one attached hydrogen (secondary N) is 1. The predicted molar refractivity (Wildman–Crippen MR) is 59.5 cm³/mol. The molecular weight excluding hydrogens is 190 g/mol. The molecule has 15 heavy (non-hydrogen) atoms. The predicted octanol–water partition coefficient (Wildman–Crippen LogP) is 1.87. The standard InChI is InChI=1S/C12H17NO2/c1-15-11-6-2-5-10(12(11)14)9-4-3-7-13-8-9/h2,5-6,9,13-14H,3-4,7-8H2,1H3. The van der Waals surface area contributed by atoms with Crippen LogP contribution in [0, 0.1) is 0 Å². The monoisotopic (exact) mass is 207 g/mol. The lowest BCUT2D eigenvalue weighted by molar-refractivity contribution is 0.363. The second-order valence-electron chi connectivity index (χ2n) is 3.94. The number of hydrogen-bond donors (Lipinski definition) is 2. The summed E-state index contributed by atoms with van der Waals surface area (Å²) in [5.74, 6) is 1.28. The van der Waals surface area contributed by atoms with Crippen molar-refractivity contribution in [1.82, 2.24) is 5.32 Å². The van der Waals surface area contributed by atoms with E-state index >= 15 is 0 Å². The number of phenolic OH excluding ortho intramolecular Hbond substituents is 1. The summed E-state index contributed by atoms with van der Waals surface area (Å²) < 4.78 is 5.11. The zero-order valence-electron chi connectivity index (χ0n) is 8.99. The van der Waals surface area contributed by atoms with E-state index in [-0.39, 0.29) is 0 Å². The lowest BCUT2D eigenvalue weighted by atomic mass is 9.91. The van der Waals surface area contributed by atoms with Crippen molar-refractivity contribution in [3.05, 3.63) is 23.8 Å². The number of phenols is 1. The van der Waals surface area contributed by atoms with Crippen molar-refractivity contribution < 1.29 is 9.84 Å². The average molecular weight is 207 g/mol. The lowest BCUT2D eigenvalue weighted by Gasteiger charge is -2.24. The van der Waals surface area contributed by atoms with Gasteiger partial charge in [0.05, 0.1) is 7.11 Å². The first-order chi connectivity index (χ1) is 7.33. The molecule has 3 nitrogen and oxygen atoms in total. The Morgan fingerprint density at radius 2 is 2.33 bits per heavy atom. The molecule has 1 fully saturated rings. The largest absolute Gasteiger partial charge is 0.504 e. The minimum absolute atomic E-state index is 0.300. The summed E-state index contributed by atoms with van der Waals surface area (Å²) in [6.07, 6.45) is 2.30. The molecule has 2 N–H and O–H groups in total. The highest BCUT2D eigenvalue weighted by Crippen LogP contribution is 2.36. The van der Waals surface area contributed by atoms with Crippen LogP contribution in [-0.4, -0.2) is 25.3 Å². The number of methoxy groups -OCH3 is 1. The Morgan fingerprint density at radius 1 is 1.47 bits per heavy atom. The Labute approximate surface area is 90.1 Å². The van der Waals surface area contributed by atoms with Crippen molar-refractivity contribution in [3.63, 3.8) is 0 Å². The number of rotatable bonds is 2. The number of aromatic hydroxyl groups is 1. The van der Waals surface area contributed by atoms with Crippen LogP contribution in [0.1, 0.15) is 24.3 Å². The van der Waals surface area contributed by atoms with Crippen molar-refractivity contribution in [2.24, 2.45) is 0 Å². The second kappa shape index (κ2) is 4.53. The van der Waals surface area contributed by atoms with Gasteiger partial charge in [-0.15, -0.1) is 0 Å². The van der Waals surface area contributed by atoms with E-state index in [4.69, 9.17) is 4.74 Å². The lowest BCUT2D eigenvalue weighted by Crippen LogP contribution is -2.28. The number of benzene rings is 1. The van der Waals surface area contributed by atoms with Crippen LogP contribution in [0.15, 0.2) is 18.2 Å². The Morgan fingerprint density at radius 3 is 3.00 bits per heavy atom. The quantitative estimate of drug-likeness (QED) is 0.778. The van der Waals surface area contributed by atoms with Crippen LogP contribution in [0.5, 0.6) is 11.5 Å². The van der Waals surface area contributed by atoms with Crippen molar-refractivity contribution in [2.75, 3.05) is 20.2 Å². The molecule has 82 valence electrons. The van der Waals surface area contributed by atoms with Gasteiger partial charge in [0.15, 0.2) is 11.5 Å². The maximum atomic E-state index is 9.99. The molecule has 0 saturated carbocycles. The van der Waals surface area contributed by atoms with Gasteiger partial charge in [-0.1, -0.05) is 12.1 Å². The molecule has 0 aromatic heterocycles. The Balaban J connectivity index is 2.26. The average Bonchev–Trinajstić information content (AvgIpc) is 2.30. The fourth-order valence-electron chi connectivity index (χ4n) is 2.15. The summed E-state index contributed by atoms with van der Waals surface area (Å²) in [6.45, 7) is 2.03. The molecule has 1 aromatic carbocycles. The summed E-state index contributed by atoms with van der Waals surface area (Å²) in [5, 5.41) is 13.3. The minimum atomic E-state index is 0.300. The van der Waals surface area contributed by atoms with E-state index in [2.05, 4.69) is 5.32 Å². The summed E-state index contributed by atoms with van der Waals surface area (Å²) in [6, 6.07) is 5.70. The third-order valence-electron chi connectivity index (χ3n) is 2.99. The third-order valence-corrected chi connectivity index (χ3v) is 2.99. The molecule has 3 heteroatoms. The minimum Gasteiger partial charge on any atom is -0.504 e. The summed E-state index contributed by atoms with van der Waals surface area (Å²) in [4.78, 5) is 0. The number of hydrogen-bond acceptors (Lipinski definition) is 3. The highest BCUT2D eigenvalue weighted by molar-refractivity contribution is 5.47. The molecule has 0 bridgehead atoms. The number of piperidine rings is 1. The van der Waals surface area contributed by atoms with E-state index < -0.39 is 0 Å². The molecular formula is C12H17NO2. The Bertz CT molecular complexity index is 332. The Hall–Kier alpha value is -1.22. The second-order valence-corrected chi connectivity index (χ2v) is 3.94. The maximum absolute atomic E-state index is 9.99. The van der Waals surface area contributed by atoms with Gasteiger partial charge in [0.25, 0.3) is 0 Å². The van der Waals surface area contributed by atoms with Crippen molar-refractivity contribution >= 4 is 0 Å². The summed E-state index contributed by atoms with van der Waals surface area (Å²) >= 11 is 0. The first-order valence-corrected chi connectivity index (χ1v) is 5.39. The smallest absolute Gasteiger partial charge is 0.161 e. The van der Waals surface area contributed by atoms with Crippen LogP contribution >= 0.6 is 0 Å². The zero-order valence-corrected chi connectivity index (χ0v) is 8.99. The van der Waals surface area contributed by atoms with E-state index in [1.54, 1.807) is 13.2 Å². The van der Waals surface area contributed by atoms with E-state index in [1.165, 1.54) is 6.42 Å². The highest BCUT2D eigenvalue weighted by atomic mass is 16.5. The van der Waals surface area contributed by atoms with E-state index in [9.17, 15) is 5.11 Å². The fraction of sp³-hybridized carbons (Fsp3) is 0.500. The molecule has 0 radical (unpaired) electrons. The normalized spacial score (nSPS) is 21.3.